The van der Waals surface area contributed by atoms with Crippen LogP contribution in [-0.2, 0) is 0 Å². The molecule has 0 spiro atoms. The molecule has 0 aliphatic rings. The second-order valence-corrected chi connectivity index (χ2v) is 5.64. The Kier molecular flexibility index (Phi) is 3.93. The molecule has 3 aromatic rings. The molecule has 0 atom stereocenters. The van der Waals surface area contributed by atoms with Crippen molar-refractivity contribution in [1.82, 2.24) is 4.98 Å². The van der Waals surface area contributed by atoms with Crippen LogP contribution in [0.2, 0.25) is 0 Å². The smallest absolute Gasteiger partial charge is 0.229 e. The zero-order valence-electron chi connectivity index (χ0n) is 13.7. The van der Waals surface area contributed by atoms with E-state index in [2.05, 4.69) is 16.9 Å². The Morgan fingerprint density at radius 1 is 1.25 bits per heavy atom. The maximum atomic E-state index is 13.2. The standard InChI is InChI=1S/C19H17FN2O2/c1-10(2)14-9-15-16(11(3)23)17(12-5-7-13(20)8-6-12)24-19(15)22-18(14)21-4/h5-9H,1H2,2-4H3,(H,21,22). The van der Waals surface area contributed by atoms with Crippen LogP contribution in [0.15, 0.2) is 41.3 Å². The number of rotatable bonds is 4. The van der Waals surface area contributed by atoms with Gasteiger partial charge < -0.3 is 9.73 Å². The molecule has 1 aromatic carbocycles. The molecule has 3 rings (SSSR count). The molecular formula is C19H17FN2O2. The number of pyridine rings is 1. The average molecular weight is 324 g/mol. The normalized spacial score (nSPS) is 10.8. The number of ketones is 1. The van der Waals surface area contributed by atoms with Crippen LogP contribution in [0.25, 0.3) is 28.0 Å². The second kappa shape index (κ2) is 5.92. The summed E-state index contributed by atoms with van der Waals surface area (Å²) in [4.78, 5) is 16.7. The van der Waals surface area contributed by atoms with Gasteiger partial charge in [-0.3, -0.25) is 4.79 Å². The van der Waals surface area contributed by atoms with Gasteiger partial charge in [-0.15, -0.1) is 0 Å². The number of benzene rings is 1. The third-order valence-electron chi connectivity index (χ3n) is 3.84. The van der Waals surface area contributed by atoms with Crippen molar-refractivity contribution in [2.24, 2.45) is 0 Å². The second-order valence-electron chi connectivity index (χ2n) is 5.64. The molecule has 2 aromatic heterocycles. The van der Waals surface area contributed by atoms with Crippen molar-refractivity contribution in [3.63, 3.8) is 0 Å². The van der Waals surface area contributed by atoms with Crippen LogP contribution in [0.3, 0.4) is 0 Å². The van der Waals surface area contributed by atoms with Gasteiger partial charge in [0.05, 0.1) is 10.9 Å². The van der Waals surface area contributed by atoms with Gasteiger partial charge in [0.2, 0.25) is 5.71 Å². The minimum Gasteiger partial charge on any atom is -0.437 e. The highest BCUT2D eigenvalue weighted by Crippen LogP contribution is 2.36. The molecular weight excluding hydrogens is 307 g/mol. The zero-order chi connectivity index (χ0) is 17.4. The van der Waals surface area contributed by atoms with Gasteiger partial charge in [-0.1, -0.05) is 6.58 Å². The lowest BCUT2D eigenvalue weighted by molar-refractivity contribution is 0.101. The average Bonchev–Trinajstić information content (AvgIpc) is 2.92. The first-order valence-corrected chi connectivity index (χ1v) is 7.50. The number of carbonyl (C=O) groups is 1. The van der Waals surface area contributed by atoms with Crippen LogP contribution in [0.5, 0.6) is 0 Å². The molecule has 0 unspecified atom stereocenters. The van der Waals surface area contributed by atoms with Crippen molar-refractivity contribution in [3.05, 3.63) is 53.9 Å². The summed E-state index contributed by atoms with van der Waals surface area (Å²) in [6.07, 6.45) is 0. The van der Waals surface area contributed by atoms with Gasteiger partial charge in [-0.2, -0.15) is 4.98 Å². The van der Waals surface area contributed by atoms with E-state index in [9.17, 15) is 9.18 Å². The van der Waals surface area contributed by atoms with Gasteiger partial charge in [0, 0.05) is 18.2 Å². The number of anilines is 1. The van der Waals surface area contributed by atoms with Crippen molar-refractivity contribution >= 4 is 28.3 Å². The van der Waals surface area contributed by atoms with Gasteiger partial charge in [0.1, 0.15) is 17.4 Å². The molecule has 0 aliphatic carbocycles. The van der Waals surface area contributed by atoms with E-state index in [1.165, 1.54) is 19.1 Å². The SMILES string of the molecule is C=C(C)c1cc2c(C(C)=O)c(-c3ccc(F)cc3)oc2nc1NC. The van der Waals surface area contributed by atoms with Gasteiger partial charge in [-0.25, -0.2) is 4.39 Å². The Bertz CT molecular complexity index is 956. The van der Waals surface area contributed by atoms with E-state index < -0.39 is 0 Å². The van der Waals surface area contributed by atoms with E-state index in [1.54, 1.807) is 19.2 Å². The summed E-state index contributed by atoms with van der Waals surface area (Å²) in [5, 5.41) is 3.63. The van der Waals surface area contributed by atoms with Crippen LogP contribution in [0, 0.1) is 5.82 Å². The Morgan fingerprint density at radius 3 is 2.46 bits per heavy atom. The van der Waals surface area contributed by atoms with Crippen LogP contribution in [0.4, 0.5) is 10.2 Å². The number of hydrogen-bond acceptors (Lipinski definition) is 4. The Hall–Kier alpha value is -2.95. The molecule has 2 heterocycles. The van der Waals surface area contributed by atoms with E-state index in [4.69, 9.17) is 4.42 Å². The number of fused-ring (bicyclic) bond motifs is 1. The lowest BCUT2D eigenvalue weighted by atomic mass is 10.0. The van der Waals surface area contributed by atoms with Crippen LogP contribution in [-0.4, -0.2) is 17.8 Å². The lowest BCUT2D eigenvalue weighted by Crippen LogP contribution is -1.98. The number of furan rings is 1. The number of hydrogen-bond donors (Lipinski definition) is 1. The zero-order valence-corrected chi connectivity index (χ0v) is 13.7. The predicted molar refractivity (Wildman–Crippen MR) is 93.7 cm³/mol. The van der Waals surface area contributed by atoms with Gasteiger partial charge in [-0.05, 0) is 49.8 Å². The largest absolute Gasteiger partial charge is 0.437 e. The van der Waals surface area contributed by atoms with E-state index in [0.717, 1.165) is 11.1 Å². The molecule has 122 valence electrons. The molecule has 4 nitrogen and oxygen atoms in total. The molecule has 0 radical (unpaired) electrons. The van der Waals surface area contributed by atoms with E-state index in [-0.39, 0.29) is 11.6 Å². The Balaban J connectivity index is 2.34. The topological polar surface area (TPSA) is 55.1 Å². The van der Waals surface area contributed by atoms with E-state index in [1.807, 2.05) is 13.0 Å². The van der Waals surface area contributed by atoms with Gasteiger partial charge >= 0.3 is 0 Å². The maximum Gasteiger partial charge on any atom is 0.229 e. The molecule has 5 heteroatoms. The Morgan fingerprint density at radius 2 is 1.92 bits per heavy atom. The van der Waals surface area contributed by atoms with Crippen LogP contribution >= 0.6 is 0 Å². The quantitative estimate of drug-likeness (QED) is 0.693. The molecule has 0 bridgehead atoms. The first-order valence-electron chi connectivity index (χ1n) is 7.50. The summed E-state index contributed by atoms with van der Waals surface area (Å²) in [6.45, 7) is 7.30. The fourth-order valence-electron chi connectivity index (χ4n) is 2.69. The Labute approximate surface area is 139 Å². The highest BCUT2D eigenvalue weighted by molar-refractivity contribution is 6.11. The molecule has 0 aliphatic heterocycles. The van der Waals surface area contributed by atoms with Crippen molar-refractivity contribution in [2.45, 2.75) is 13.8 Å². The van der Waals surface area contributed by atoms with Crippen molar-refractivity contribution in [1.29, 1.82) is 0 Å². The minimum atomic E-state index is -0.348. The van der Waals surface area contributed by atoms with Crippen molar-refractivity contribution in [2.75, 3.05) is 12.4 Å². The number of carbonyl (C=O) groups excluding carboxylic acids is 1. The van der Waals surface area contributed by atoms with Gasteiger partial charge in [0.15, 0.2) is 5.78 Å². The highest BCUT2D eigenvalue weighted by Gasteiger charge is 2.22. The van der Waals surface area contributed by atoms with Crippen LogP contribution in [0.1, 0.15) is 29.8 Å². The number of allylic oxidation sites excluding steroid dienone is 1. The third kappa shape index (κ3) is 2.58. The summed E-state index contributed by atoms with van der Waals surface area (Å²) >= 11 is 0. The molecule has 0 fully saturated rings. The van der Waals surface area contributed by atoms with E-state index >= 15 is 0 Å². The summed E-state index contributed by atoms with van der Waals surface area (Å²) in [5.41, 5.74) is 3.07. The fourth-order valence-corrected chi connectivity index (χ4v) is 2.69. The monoisotopic (exact) mass is 324 g/mol. The summed E-state index contributed by atoms with van der Waals surface area (Å²) in [5.74, 6) is 0.537. The third-order valence-corrected chi connectivity index (χ3v) is 3.84. The summed E-state index contributed by atoms with van der Waals surface area (Å²) in [7, 11) is 1.76. The molecule has 0 saturated carbocycles. The summed E-state index contributed by atoms with van der Waals surface area (Å²) in [6, 6.07) is 7.68. The molecule has 24 heavy (non-hydrogen) atoms. The number of nitrogens with one attached hydrogen (secondary N) is 1. The molecule has 1 N–H and O–H groups in total. The van der Waals surface area contributed by atoms with Crippen molar-refractivity contribution < 1.29 is 13.6 Å². The first-order chi connectivity index (χ1) is 11.4. The molecule has 0 saturated heterocycles. The van der Waals surface area contributed by atoms with Gasteiger partial charge in [0.25, 0.3) is 0 Å². The predicted octanol–water partition coefficient (Wildman–Crippen LogP) is 4.91. The van der Waals surface area contributed by atoms with E-state index in [0.29, 0.717) is 33.8 Å². The van der Waals surface area contributed by atoms with Crippen LogP contribution < -0.4 is 5.32 Å². The lowest BCUT2D eigenvalue weighted by Gasteiger charge is -2.07. The first kappa shape index (κ1) is 15.9. The van der Waals surface area contributed by atoms with Crippen molar-refractivity contribution in [3.8, 4) is 11.3 Å². The maximum absolute atomic E-state index is 13.2. The fraction of sp³-hybridized carbons (Fsp3) is 0.158. The minimum absolute atomic E-state index is 0.139. The summed E-state index contributed by atoms with van der Waals surface area (Å²) < 4.78 is 19.0. The number of nitrogens with zero attached hydrogens (tertiary/aromatic N) is 1. The highest BCUT2D eigenvalue weighted by atomic mass is 19.1. The number of halogens is 1. The number of aromatic nitrogens is 1. The number of Topliss-reactive ketones (excluding diaryl/α,β-unsaturated/α-hetero) is 1. The molecule has 0 amide bonds.